The molecule has 1 aromatic carbocycles. The molecule has 104 valence electrons. The third kappa shape index (κ3) is 3.31. The number of aliphatic hydroxyl groups is 1. The number of carbonyl (C=O) groups excluding carboxylic acids is 1. The average molecular weight is 284 g/mol. The van der Waals surface area contributed by atoms with Crippen LogP contribution in [-0.4, -0.2) is 32.1 Å². The van der Waals surface area contributed by atoms with Crippen molar-refractivity contribution in [3.63, 3.8) is 0 Å². The van der Waals surface area contributed by atoms with Gasteiger partial charge in [-0.05, 0) is 37.1 Å². The summed E-state index contributed by atoms with van der Waals surface area (Å²) in [6, 6.07) is 4.58. The molecule has 0 aliphatic carbocycles. The molecule has 1 unspecified atom stereocenters. The van der Waals surface area contributed by atoms with Gasteiger partial charge in [0, 0.05) is 18.7 Å². The zero-order chi connectivity index (χ0) is 14.0. The molecule has 1 aliphatic rings. The maximum Gasteiger partial charge on any atom is 0.240 e. The number of aryl methyl sites for hydroxylation is 1. The number of nitrogens with one attached hydrogen (secondary N) is 2. The van der Waals surface area contributed by atoms with Crippen LogP contribution in [0, 0.1) is 0 Å². The van der Waals surface area contributed by atoms with Gasteiger partial charge in [-0.2, -0.15) is 0 Å². The molecule has 0 radical (unpaired) electrons. The van der Waals surface area contributed by atoms with E-state index in [1.54, 1.807) is 12.1 Å². The van der Waals surface area contributed by atoms with E-state index in [0.29, 0.717) is 18.5 Å². The lowest BCUT2D eigenvalue weighted by atomic mass is 10.0. The van der Waals surface area contributed by atoms with E-state index in [-0.39, 0.29) is 17.3 Å². The molecule has 0 bridgehead atoms. The smallest absolute Gasteiger partial charge is 0.240 e. The van der Waals surface area contributed by atoms with Crippen LogP contribution in [0.15, 0.2) is 23.1 Å². The number of sulfonamides is 1. The molecular formula is C12H16N2O4S. The van der Waals surface area contributed by atoms with E-state index in [1.807, 2.05) is 0 Å². The van der Waals surface area contributed by atoms with Crippen molar-refractivity contribution in [1.82, 2.24) is 4.72 Å². The zero-order valence-corrected chi connectivity index (χ0v) is 11.3. The Morgan fingerprint density at radius 2 is 2.16 bits per heavy atom. The first-order valence-corrected chi connectivity index (χ1v) is 7.47. The van der Waals surface area contributed by atoms with E-state index in [4.69, 9.17) is 5.11 Å². The van der Waals surface area contributed by atoms with E-state index in [9.17, 15) is 13.2 Å². The zero-order valence-electron chi connectivity index (χ0n) is 10.5. The van der Waals surface area contributed by atoms with Crippen LogP contribution in [-0.2, 0) is 21.2 Å². The number of amides is 1. The summed E-state index contributed by atoms with van der Waals surface area (Å²) in [5.74, 6) is -0.0599. The molecular weight excluding hydrogens is 268 g/mol. The molecule has 0 saturated heterocycles. The summed E-state index contributed by atoms with van der Waals surface area (Å²) < 4.78 is 26.3. The third-order valence-electron chi connectivity index (χ3n) is 2.85. The Labute approximate surface area is 111 Å². The van der Waals surface area contributed by atoms with Gasteiger partial charge in [-0.25, -0.2) is 13.1 Å². The van der Waals surface area contributed by atoms with Crippen LogP contribution < -0.4 is 10.0 Å². The third-order valence-corrected chi connectivity index (χ3v) is 4.27. The summed E-state index contributed by atoms with van der Waals surface area (Å²) in [5.41, 5.74) is 1.46. The van der Waals surface area contributed by atoms with E-state index < -0.39 is 16.1 Å². The molecule has 0 spiro atoms. The monoisotopic (exact) mass is 284 g/mol. The van der Waals surface area contributed by atoms with Gasteiger partial charge in [0.15, 0.2) is 0 Å². The lowest BCUT2D eigenvalue weighted by Gasteiger charge is -2.17. The number of rotatable bonds is 4. The van der Waals surface area contributed by atoms with Crippen molar-refractivity contribution in [3.05, 3.63) is 23.8 Å². The molecule has 1 heterocycles. The number of benzene rings is 1. The highest BCUT2D eigenvalue weighted by Gasteiger charge is 2.19. The summed E-state index contributed by atoms with van der Waals surface area (Å²) in [4.78, 5) is 11.4. The highest BCUT2D eigenvalue weighted by molar-refractivity contribution is 7.89. The van der Waals surface area contributed by atoms with Crippen LogP contribution in [0.2, 0.25) is 0 Å². The molecule has 0 aromatic heterocycles. The first-order chi connectivity index (χ1) is 8.88. The van der Waals surface area contributed by atoms with Crippen molar-refractivity contribution in [2.24, 2.45) is 0 Å². The highest BCUT2D eigenvalue weighted by Crippen LogP contribution is 2.25. The highest BCUT2D eigenvalue weighted by atomic mass is 32.2. The number of carbonyl (C=O) groups is 1. The quantitative estimate of drug-likeness (QED) is 0.737. The predicted molar refractivity (Wildman–Crippen MR) is 70.3 cm³/mol. The van der Waals surface area contributed by atoms with E-state index in [0.717, 1.165) is 5.56 Å². The van der Waals surface area contributed by atoms with Crippen molar-refractivity contribution in [2.45, 2.75) is 30.8 Å². The van der Waals surface area contributed by atoms with Crippen LogP contribution >= 0.6 is 0 Å². The van der Waals surface area contributed by atoms with Gasteiger partial charge in [-0.3, -0.25) is 4.79 Å². The molecule has 1 aromatic rings. The summed E-state index contributed by atoms with van der Waals surface area (Å²) in [5, 5.41) is 11.8. The molecule has 2 rings (SSSR count). The molecule has 1 amide bonds. The minimum atomic E-state index is -3.63. The Morgan fingerprint density at radius 3 is 2.84 bits per heavy atom. The normalized spacial score (nSPS) is 16.6. The van der Waals surface area contributed by atoms with Crippen LogP contribution in [0.25, 0.3) is 0 Å². The predicted octanol–water partition coefficient (Wildman–Crippen LogP) is 0.230. The van der Waals surface area contributed by atoms with Gasteiger partial charge in [0.2, 0.25) is 15.9 Å². The van der Waals surface area contributed by atoms with Gasteiger partial charge in [0.05, 0.1) is 11.0 Å². The topological polar surface area (TPSA) is 95.5 Å². The summed E-state index contributed by atoms with van der Waals surface area (Å²) in [7, 11) is -3.63. The van der Waals surface area contributed by atoms with Gasteiger partial charge in [0.1, 0.15) is 0 Å². The second-order valence-corrected chi connectivity index (χ2v) is 6.34. The first-order valence-electron chi connectivity index (χ1n) is 5.99. The van der Waals surface area contributed by atoms with E-state index >= 15 is 0 Å². The fourth-order valence-corrected chi connectivity index (χ4v) is 3.01. The van der Waals surface area contributed by atoms with Crippen molar-refractivity contribution >= 4 is 21.6 Å². The Balaban J connectivity index is 2.24. The van der Waals surface area contributed by atoms with Crippen molar-refractivity contribution in [1.29, 1.82) is 0 Å². The number of fused-ring (bicyclic) bond motifs is 1. The summed E-state index contributed by atoms with van der Waals surface area (Å²) in [6.07, 6.45) is 0.144. The van der Waals surface area contributed by atoms with Gasteiger partial charge >= 0.3 is 0 Å². The molecule has 0 saturated carbocycles. The minimum absolute atomic E-state index is 0.0316. The van der Waals surface area contributed by atoms with Gasteiger partial charge < -0.3 is 10.4 Å². The Hall–Kier alpha value is -1.44. The Kier molecular flexibility index (Phi) is 3.88. The molecule has 19 heavy (non-hydrogen) atoms. The van der Waals surface area contributed by atoms with Gasteiger partial charge in [-0.1, -0.05) is 0 Å². The number of hydrogen-bond donors (Lipinski definition) is 3. The lowest BCUT2D eigenvalue weighted by Crippen LogP contribution is -2.31. The minimum Gasteiger partial charge on any atom is -0.392 e. The van der Waals surface area contributed by atoms with Crippen LogP contribution in [0.4, 0.5) is 5.69 Å². The van der Waals surface area contributed by atoms with Crippen LogP contribution in [0.1, 0.15) is 18.9 Å². The first kappa shape index (κ1) is 14.0. The van der Waals surface area contributed by atoms with Gasteiger partial charge in [-0.15, -0.1) is 0 Å². The molecule has 6 nitrogen and oxygen atoms in total. The fourth-order valence-electron chi connectivity index (χ4n) is 1.84. The largest absolute Gasteiger partial charge is 0.392 e. The molecule has 7 heteroatoms. The summed E-state index contributed by atoms with van der Waals surface area (Å²) in [6.45, 7) is 1.47. The number of aliphatic hydroxyl groups excluding tert-OH is 1. The maximum absolute atomic E-state index is 12.0. The maximum atomic E-state index is 12.0. The average Bonchev–Trinajstić information content (AvgIpc) is 2.36. The lowest BCUT2D eigenvalue weighted by molar-refractivity contribution is -0.116. The van der Waals surface area contributed by atoms with Gasteiger partial charge in [0.25, 0.3) is 0 Å². The number of hydrogen-bond acceptors (Lipinski definition) is 4. The Bertz CT molecular complexity index is 596. The van der Waals surface area contributed by atoms with Crippen molar-refractivity contribution in [2.75, 3.05) is 11.9 Å². The van der Waals surface area contributed by atoms with Crippen molar-refractivity contribution in [3.8, 4) is 0 Å². The summed E-state index contributed by atoms with van der Waals surface area (Å²) >= 11 is 0. The van der Waals surface area contributed by atoms with E-state index in [1.165, 1.54) is 13.0 Å². The molecule has 1 atom stereocenters. The van der Waals surface area contributed by atoms with E-state index in [2.05, 4.69) is 10.0 Å². The SMILES string of the molecule is CC(O)CNS(=O)(=O)c1ccc2c(c1)CCC(=O)N2. The fraction of sp³-hybridized carbons (Fsp3) is 0.417. The standard InChI is InChI=1S/C12H16N2O4S/c1-8(15)7-13-19(17,18)10-3-4-11-9(6-10)2-5-12(16)14-11/h3-4,6,8,13,15H,2,5,7H2,1H3,(H,14,16). The Morgan fingerprint density at radius 1 is 1.42 bits per heavy atom. The van der Waals surface area contributed by atoms with Crippen LogP contribution in [0.5, 0.6) is 0 Å². The molecule has 1 aliphatic heterocycles. The molecule has 3 N–H and O–H groups in total. The second kappa shape index (κ2) is 5.28. The molecule has 0 fully saturated rings. The second-order valence-electron chi connectivity index (χ2n) is 4.57. The van der Waals surface area contributed by atoms with Crippen molar-refractivity contribution < 1.29 is 18.3 Å². The number of anilines is 1. The van der Waals surface area contributed by atoms with Crippen LogP contribution in [0.3, 0.4) is 0 Å².